The number of carbonyl (C=O) groups is 1. The number of carbonyl (C=O) groups excluding carboxylic acids is 1. The molecule has 0 aromatic carbocycles. The fraction of sp³-hybridized carbons (Fsp3) is 0.643. The number of nitrogens with one attached hydrogen (secondary N) is 2. The van der Waals surface area contributed by atoms with Crippen molar-refractivity contribution in [1.82, 2.24) is 25.3 Å². The van der Waals surface area contributed by atoms with Crippen molar-refractivity contribution >= 4 is 11.7 Å². The van der Waals surface area contributed by atoms with Gasteiger partial charge in [0.2, 0.25) is 0 Å². The number of rotatable bonds is 5. The molecule has 1 aromatic heterocycles. The first-order chi connectivity index (χ1) is 10.1. The van der Waals surface area contributed by atoms with Crippen molar-refractivity contribution < 1.29 is 4.79 Å². The van der Waals surface area contributed by atoms with Gasteiger partial charge in [-0.15, -0.1) is 10.2 Å². The van der Waals surface area contributed by atoms with Gasteiger partial charge in [-0.05, 0) is 26.1 Å². The normalized spacial score (nSPS) is 18.2. The molecule has 1 aromatic rings. The molecule has 2 heterocycles. The molecular weight excluding hydrogens is 268 g/mol. The third kappa shape index (κ3) is 4.37. The molecule has 7 heteroatoms. The molecule has 0 spiro atoms. The topological polar surface area (TPSA) is 73.4 Å². The molecule has 0 saturated carbocycles. The van der Waals surface area contributed by atoms with Crippen LogP contribution in [0, 0.1) is 0 Å². The molecule has 7 nitrogen and oxygen atoms in total. The van der Waals surface area contributed by atoms with Gasteiger partial charge < -0.3 is 15.5 Å². The highest BCUT2D eigenvalue weighted by Crippen LogP contribution is 2.07. The fourth-order valence-electron chi connectivity index (χ4n) is 2.32. The number of amides is 1. The first-order valence-corrected chi connectivity index (χ1v) is 7.32. The predicted molar refractivity (Wildman–Crippen MR) is 82.4 cm³/mol. The molecule has 1 fully saturated rings. The second kappa shape index (κ2) is 7.33. The summed E-state index contributed by atoms with van der Waals surface area (Å²) in [6, 6.07) is 3.90. The quantitative estimate of drug-likeness (QED) is 0.788. The second-order valence-electron chi connectivity index (χ2n) is 5.45. The van der Waals surface area contributed by atoms with Crippen LogP contribution in [0.3, 0.4) is 0 Å². The molecule has 2 N–H and O–H groups in total. The smallest absolute Gasteiger partial charge is 0.271 e. The van der Waals surface area contributed by atoms with E-state index in [2.05, 4.69) is 44.6 Å². The number of piperazine rings is 1. The lowest BCUT2D eigenvalue weighted by atomic mass is 10.2. The van der Waals surface area contributed by atoms with Crippen molar-refractivity contribution in [2.24, 2.45) is 0 Å². The summed E-state index contributed by atoms with van der Waals surface area (Å²) in [4.78, 5) is 16.2. The SMILES string of the molecule is CNC(=O)c1ccc(NCC(C)N2CCN(C)CC2)nn1. The Morgan fingerprint density at radius 1 is 1.29 bits per heavy atom. The van der Waals surface area contributed by atoms with Crippen molar-refractivity contribution in [2.75, 3.05) is 52.1 Å². The molecule has 1 aliphatic rings. The van der Waals surface area contributed by atoms with Gasteiger partial charge in [0.15, 0.2) is 5.69 Å². The van der Waals surface area contributed by atoms with Crippen LogP contribution in [0.4, 0.5) is 5.82 Å². The molecule has 116 valence electrons. The Balaban J connectivity index is 1.81. The maximum atomic E-state index is 11.4. The standard InChI is InChI=1S/C14H24N6O/c1-11(20-8-6-19(3)7-9-20)10-16-13-5-4-12(17-18-13)14(21)15-2/h4-5,11H,6-10H2,1-3H3,(H,15,21)(H,16,18). The highest BCUT2D eigenvalue weighted by atomic mass is 16.1. The van der Waals surface area contributed by atoms with Gasteiger partial charge >= 0.3 is 0 Å². The number of anilines is 1. The van der Waals surface area contributed by atoms with Gasteiger partial charge in [-0.1, -0.05) is 0 Å². The average molecular weight is 292 g/mol. The zero-order valence-corrected chi connectivity index (χ0v) is 13.0. The lowest BCUT2D eigenvalue weighted by Gasteiger charge is -2.36. The van der Waals surface area contributed by atoms with Gasteiger partial charge in [-0.25, -0.2) is 0 Å². The average Bonchev–Trinajstić information content (AvgIpc) is 2.53. The third-order valence-electron chi connectivity index (χ3n) is 3.86. The molecule has 2 rings (SSSR count). The molecule has 1 amide bonds. The van der Waals surface area contributed by atoms with Crippen molar-refractivity contribution in [3.63, 3.8) is 0 Å². The van der Waals surface area contributed by atoms with E-state index in [1.54, 1.807) is 19.2 Å². The lowest BCUT2D eigenvalue weighted by Crippen LogP contribution is -2.49. The van der Waals surface area contributed by atoms with E-state index in [1.165, 1.54) is 0 Å². The molecule has 21 heavy (non-hydrogen) atoms. The Hall–Kier alpha value is -1.73. The molecule has 0 bridgehead atoms. The number of nitrogens with zero attached hydrogens (tertiary/aromatic N) is 4. The van der Waals surface area contributed by atoms with Crippen LogP contribution in [0.15, 0.2) is 12.1 Å². The number of likely N-dealkylation sites (N-methyl/N-ethyl adjacent to an activating group) is 1. The summed E-state index contributed by atoms with van der Waals surface area (Å²) in [6.45, 7) is 7.46. The Kier molecular flexibility index (Phi) is 5.46. The van der Waals surface area contributed by atoms with Gasteiger partial charge in [0.1, 0.15) is 5.82 Å². The number of hydrogen-bond acceptors (Lipinski definition) is 6. The van der Waals surface area contributed by atoms with Crippen LogP contribution in [-0.2, 0) is 0 Å². The molecule has 1 atom stereocenters. The summed E-state index contributed by atoms with van der Waals surface area (Å²) in [7, 11) is 3.73. The Labute approximate surface area is 125 Å². The van der Waals surface area contributed by atoms with Crippen molar-refractivity contribution in [3.8, 4) is 0 Å². The summed E-state index contributed by atoms with van der Waals surface area (Å²) < 4.78 is 0. The van der Waals surface area contributed by atoms with Gasteiger partial charge in [0.25, 0.3) is 5.91 Å². The first-order valence-electron chi connectivity index (χ1n) is 7.32. The molecule has 1 saturated heterocycles. The molecule has 0 radical (unpaired) electrons. The minimum atomic E-state index is -0.222. The van der Waals surface area contributed by atoms with Crippen LogP contribution >= 0.6 is 0 Å². The summed E-state index contributed by atoms with van der Waals surface area (Å²) in [5.74, 6) is 0.475. The van der Waals surface area contributed by atoms with E-state index in [4.69, 9.17) is 0 Å². The monoisotopic (exact) mass is 292 g/mol. The molecule has 1 unspecified atom stereocenters. The zero-order valence-electron chi connectivity index (χ0n) is 13.0. The van der Waals surface area contributed by atoms with Crippen molar-refractivity contribution in [3.05, 3.63) is 17.8 Å². The summed E-state index contributed by atoms with van der Waals surface area (Å²) in [5.41, 5.74) is 0.329. The maximum absolute atomic E-state index is 11.4. The summed E-state index contributed by atoms with van der Waals surface area (Å²) >= 11 is 0. The molecule has 1 aliphatic heterocycles. The summed E-state index contributed by atoms with van der Waals surface area (Å²) in [6.07, 6.45) is 0. The molecular formula is C14H24N6O. The minimum Gasteiger partial charge on any atom is -0.367 e. The minimum absolute atomic E-state index is 0.222. The Morgan fingerprint density at radius 2 is 2.00 bits per heavy atom. The van der Waals surface area contributed by atoms with E-state index >= 15 is 0 Å². The van der Waals surface area contributed by atoms with E-state index in [0.717, 1.165) is 32.7 Å². The van der Waals surface area contributed by atoms with Gasteiger partial charge in [-0.2, -0.15) is 0 Å². The second-order valence-corrected chi connectivity index (χ2v) is 5.45. The van der Waals surface area contributed by atoms with Crippen molar-refractivity contribution in [1.29, 1.82) is 0 Å². The largest absolute Gasteiger partial charge is 0.367 e. The van der Waals surface area contributed by atoms with Gasteiger partial charge in [0.05, 0.1) is 0 Å². The van der Waals surface area contributed by atoms with Gasteiger partial charge in [0, 0.05) is 45.8 Å². The third-order valence-corrected chi connectivity index (χ3v) is 3.86. The van der Waals surface area contributed by atoms with Crippen molar-refractivity contribution in [2.45, 2.75) is 13.0 Å². The zero-order chi connectivity index (χ0) is 15.2. The van der Waals surface area contributed by atoms with Crippen LogP contribution in [0.1, 0.15) is 17.4 Å². The number of aromatic nitrogens is 2. The highest BCUT2D eigenvalue weighted by molar-refractivity contribution is 5.91. The Bertz CT molecular complexity index is 455. The lowest BCUT2D eigenvalue weighted by molar-refractivity contribution is 0.0957. The number of hydrogen-bond donors (Lipinski definition) is 2. The van der Waals surface area contributed by atoms with Crippen LogP contribution in [0.25, 0.3) is 0 Å². The van der Waals surface area contributed by atoms with E-state index in [1.807, 2.05) is 0 Å². The van der Waals surface area contributed by atoms with Crippen LogP contribution in [0.2, 0.25) is 0 Å². The highest BCUT2D eigenvalue weighted by Gasteiger charge is 2.18. The van der Waals surface area contributed by atoms with Crippen LogP contribution in [-0.4, -0.2) is 78.8 Å². The summed E-state index contributed by atoms with van der Waals surface area (Å²) in [5, 5.41) is 13.7. The van der Waals surface area contributed by atoms with Crippen LogP contribution < -0.4 is 10.6 Å². The fourth-order valence-corrected chi connectivity index (χ4v) is 2.32. The predicted octanol–water partition coefficient (Wildman–Crippen LogP) is -0.116. The van der Waals surface area contributed by atoms with E-state index in [0.29, 0.717) is 17.6 Å². The Morgan fingerprint density at radius 3 is 2.57 bits per heavy atom. The van der Waals surface area contributed by atoms with Gasteiger partial charge in [-0.3, -0.25) is 9.69 Å². The maximum Gasteiger partial charge on any atom is 0.271 e. The molecule has 0 aliphatic carbocycles. The first kappa shape index (κ1) is 15.7. The van der Waals surface area contributed by atoms with Crippen LogP contribution in [0.5, 0.6) is 0 Å². The van der Waals surface area contributed by atoms with E-state index in [9.17, 15) is 4.79 Å². The van der Waals surface area contributed by atoms with E-state index < -0.39 is 0 Å². The van der Waals surface area contributed by atoms with E-state index in [-0.39, 0.29) is 5.91 Å².